The van der Waals surface area contributed by atoms with Gasteiger partial charge in [-0.25, -0.2) is 27.6 Å². The van der Waals surface area contributed by atoms with Crippen molar-refractivity contribution in [2.75, 3.05) is 10.0 Å². The van der Waals surface area contributed by atoms with Crippen LogP contribution in [0.15, 0.2) is 81.3 Å². The molecule has 0 aliphatic heterocycles. The minimum Gasteiger partial charge on any atom is -0.322 e. The quantitative estimate of drug-likeness (QED) is 0.275. The van der Waals surface area contributed by atoms with E-state index >= 15 is 0 Å². The normalized spacial score (nSPS) is 11.3. The van der Waals surface area contributed by atoms with Crippen LogP contribution in [-0.2, 0) is 10.0 Å². The summed E-state index contributed by atoms with van der Waals surface area (Å²) in [6, 6.07) is 17.0. The van der Waals surface area contributed by atoms with Gasteiger partial charge in [0.2, 0.25) is 5.95 Å². The van der Waals surface area contributed by atoms with Crippen molar-refractivity contribution in [2.24, 2.45) is 0 Å². The van der Waals surface area contributed by atoms with Crippen molar-refractivity contribution in [3.8, 4) is 5.69 Å². The molecule has 34 heavy (non-hydrogen) atoms. The average molecular weight is 536 g/mol. The first kappa shape index (κ1) is 23.9. The average Bonchev–Trinajstić information content (AvgIpc) is 3.14. The Morgan fingerprint density at radius 1 is 1.03 bits per heavy atom. The van der Waals surface area contributed by atoms with Crippen LogP contribution in [0.2, 0.25) is 10.0 Å². The maximum Gasteiger partial charge on any atom is 0.349 e. The van der Waals surface area contributed by atoms with E-state index in [-0.39, 0.29) is 26.3 Å². The van der Waals surface area contributed by atoms with Gasteiger partial charge in [0.1, 0.15) is 4.90 Å². The van der Waals surface area contributed by atoms with Crippen molar-refractivity contribution in [1.82, 2.24) is 14.8 Å². The summed E-state index contributed by atoms with van der Waals surface area (Å²) in [6.07, 6.45) is 0. The fourth-order valence-corrected chi connectivity index (χ4v) is 5.12. The summed E-state index contributed by atoms with van der Waals surface area (Å²) in [5.74, 6) is -0.913. The standard InChI is InChI=1S/C21H15Cl2N5O4S2/c22-12-6-8-13(9-7-12)24-19(29)15-10-18(17(33)11-16(15)23)34(31,32)27-20-25-26-21(30)28(20)14-4-2-1-3-5-14/h1-11,33H,(H,24,29)(H,25,27)(H,26,30). The first-order valence-electron chi connectivity index (χ1n) is 9.51. The summed E-state index contributed by atoms with van der Waals surface area (Å²) < 4.78 is 29.7. The number of sulfonamides is 1. The Bertz CT molecular complexity index is 1540. The van der Waals surface area contributed by atoms with Crippen molar-refractivity contribution in [2.45, 2.75) is 9.79 Å². The molecule has 0 atom stereocenters. The predicted octanol–water partition coefficient (Wildman–Crippen LogP) is 4.21. The molecule has 0 fully saturated rings. The molecular formula is C21H15Cl2N5O4S2. The first-order valence-corrected chi connectivity index (χ1v) is 12.2. The SMILES string of the molecule is O=C(Nc1ccc(Cl)cc1)c1cc(S(=O)(=O)Nc2n[nH]c(=O)n2-c2ccccc2)c(S)cc1Cl. The molecule has 0 radical (unpaired) electrons. The monoisotopic (exact) mass is 535 g/mol. The van der Waals surface area contributed by atoms with Crippen LogP contribution in [0.4, 0.5) is 11.6 Å². The van der Waals surface area contributed by atoms with Crippen molar-refractivity contribution in [1.29, 1.82) is 0 Å². The minimum atomic E-state index is -4.34. The molecule has 0 unspecified atom stereocenters. The van der Waals surface area contributed by atoms with E-state index in [0.29, 0.717) is 16.4 Å². The Labute approximate surface area is 209 Å². The number of amides is 1. The lowest BCUT2D eigenvalue weighted by molar-refractivity contribution is 0.102. The molecule has 0 saturated carbocycles. The number of benzene rings is 3. The van der Waals surface area contributed by atoms with Crippen molar-refractivity contribution in [3.05, 3.63) is 92.8 Å². The highest BCUT2D eigenvalue weighted by Gasteiger charge is 2.25. The number of thiol groups is 1. The van der Waals surface area contributed by atoms with E-state index in [4.69, 9.17) is 23.2 Å². The first-order chi connectivity index (χ1) is 16.2. The zero-order valence-corrected chi connectivity index (χ0v) is 20.2. The fourth-order valence-electron chi connectivity index (χ4n) is 3.02. The van der Waals surface area contributed by atoms with E-state index in [0.717, 1.165) is 10.6 Å². The molecular weight excluding hydrogens is 521 g/mol. The summed E-state index contributed by atoms with van der Waals surface area (Å²) in [6.45, 7) is 0. The van der Waals surface area contributed by atoms with Crippen molar-refractivity contribution >= 4 is 63.4 Å². The molecule has 174 valence electrons. The van der Waals surface area contributed by atoms with Gasteiger partial charge in [0.15, 0.2) is 0 Å². The molecule has 0 aliphatic carbocycles. The molecule has 1 amide bonds. The second-order valence-corrected chi connectivity index (χ2v) is 9.87. The number of carbonyl (C=O) groups is 1. The maximum atomic E-state index is 13.2. The van der Waals surface area contributed by atoms with Gasteiger partial charge in [0.05, 0.1) is 16.3 Å². The molecule has 0 saturated heterocycles. The van der Waals surface area contributed by atoms with Gasteiger partial charge in [-0.2, -0.15) is 0 Å². The van der Waals surface area contributed by atoms with Crippen LogP contribution in [0.1, 0.15) is 10.4 Å². The third-order valence-corrected chi connectivity index (χ3v) is 7.05. The molecule has 3 N–H and O–H groups in total. The smallest absolute Gasteiger partial charge is 0.322 e. The van der Waals surface area contributed by atoms with Gasteiger partial charge in [-0.3, -0.25) is 4.79 Å². The highest BCUT2D eigenvalue weighted by Crippen LogP contribution is 2.29. The van der Waals surface area contributed by atoms with Crippen molar-refractivity contribution < 1.29 is 13.2 Å². The number of hydrogen-bond donors (Lipinski definition) is 4. The lowest BCUT2D eigenvalue weighted by Crippen LogP contribution is -2.21. The van der Waals surface area contributed by atoms with E-state index in [1.165, 1.54) is 6.07 Å². The number of aromatic nitrogens is 3. The van der Waals surface area contributed by atoms with E-state index in [1.54, 1.807) is 54.6 Å². The summed E-state index contributed by atoms with van der Waals surface area (Å²) in [5.41, 5.74) is 0.0851. The van der Waals surface area contributed by atoms with Crippen LogP contribution < -0.4 is 15.7 Å². The Morgan fingerprint density at radius 3 is 2.38 bits per heavy atom. The van der Waals surface area contributed by atoms with Crippen LogP contribution in [0.3, 0.4) is 0 Å². The van der Waals surface area contributed by atoms with Gasteiger partial charge >= 0.3 is 5.69 Å². The second kappa shape index (κ2) is 9.55. The topological polar surface area (TPSA) is 126 Å². The van der Waals surface area contributed by atoms with E-state index in [2.05, 4.69) is 32.9 Å². The van der Waals surface area contributed by atoms with Gasteiger partial charge in [-0.15, -0.1) is 17.7 Å². The number of carbonyl (C=O) groups excluding carboxylic acids is 1. The fraction of sp³-hybridized carbons (Fsp3) is 0. The number of nitrogens with zero attached hydrogens (tertiary/aromatic N) is 2. The van der Waals surface area contributed by atoms with Gasteiger partial charge in [-0.05, 0) is 48.5 Å². The Morgan fingerprint density at radius 2 is 1.71 bits per heavy atom. The van der Waals surface area contributed by atoms with E-state index < -0.39 is 21.6 Å². The van der Waals surface area contributed by atoms with Gasteiger partial charge < -0.3 is 5.32 Å². The summed E-state index contributed by atoms with van der Waals surface area (Å²) in [7, 11) is -4.34. The summed E-state index contributed by atoms with van der Waals surface area (Å²) >= 11 is 16.3. The number of aromatic amines is 1. The molecule has 4 aromatic rings. The highest BCUT2D eigenvalue weighted by molar-refractivity contribution is 7.93. The number of nitrogens with one attached hydrogen (secondary N) is 3. The van der Waals surface area contributed by atoms with Crippen LogP contribution in [-0.4, -0.2) is 29.1 Å². The van der Waals surface area contributed by atoms with E-state index in [9.17, 15) is 18.0 Å². The summed E-state index contributed by atoms with van der Waals surface area (Å²) in [4.78, 5) is 24.7. The molecule has 0 bridgehead atoms. The molecule has 0 spiro atoms. The van der Waals surface area contributed by atoms with Crippen LogP contribution in [0.5, 0.6) is 0 Å². The number of hydrogen-bond acceptors (Lipinski definition) is 6. The zero-order valence-electron chi connectivity index (χ0n) is 17.0. The van der Waals surface area contributed by atoms with Gasteiger partial charge in [0, 0.05) is 15.6 Å². The van der Waals surface area contributed by atoms with Crippen LogP contribution in [0, 0.1) is 0 Å². The number of rotatable bonds is 6. The largest absolute Gasteiger partial charge is 0.349 e. The molecule has 0 aliphatic rings. The van der Waals surface area contributed by atoms with Gasteiger partial charge in [0.25, 0.3) is 15.9 Å². The third kappa shape index (κ3) is 4.97. The molecule has 4 rings (SSSR count). The lowest BCUT2D eigenvalue weighted by atomic mass is 10.2. The highest BCUT2D eigenvalue weighted by atomic mass is 35.5. The summed E-state index contributed by atoms with van der Waals surface area (Å²) in [5, 5.41) is 9.08. The molecule has 3 aromatic carbocycles. The molecule has 1 aromatic heterocycles. The Hall–Kier alpha value is -3.25. The van der Waals surface area contributed by atoms with Gasteiger partial charge in [-0.1, -0.05) is 41.4 Å². The lowest BCUT2D eigenvalue weighted by Gasteiger charge is -2.13. The Kier molecular flexibility index (Phi) is 6.71. The van der Waals surface area contributed by atoms with Crippen LogP contribution in [0.25, 0.3) is 5.69 Å². The van der Waals surface area contributed by atoms with E-state index in [1.807, 2.05) is 0 Å². The van der Waals surface area contributed by atoms with Crippen LogP contribution >= 0.6 is 35.8 Å². The zero-order chi connectivity index (χ0) is 24.5. The van der Waals surface area contributed by atoms with Crippen molar-refractivity contribution in [3.63, 3.8) is 0 Å². The predicted molar refractivity (Wildman–Crippen MR) is 133 cm³/mol. The third-order valence-electron chi connectivity index (χ3n) is 4.60. The number of anilines is 2. The second-order valence-electron chi connectivity index (χ2n) is 6.89. The minimum absolute atomic E-state index is 0.00335. The number of halogens is 2. The molecule has 13 heteroatoms. The Balaban J connectivity index is 1.69. The number of H-pyrrole nitrogens is 1. The maximum absolute atomic E-state index is 13.2. The number of para-hydroxylation sites is 1. The molecule has 1 heterocycles. The molecule has 9 nitrogen and oxygen atoms in total.